The average Bonchev–Trinajstić information content (AvgIpc) is 2.61. The van der Waals surface area contributed by atoms with E-state index in [0.717, 1.165) is 11.5 Å². The van der Waals surface area contributed by atoms with Crippen molar-refractivity contribution in [1.29, 1.82) is 0 Å². The largest absolute Gasteiger partial charge is 0.468 e. The number of para-hydroxylation sites is 2. The van der Waals surface area contributed by atoms with Crippen LogP contribution in [0.5, 0.6) is 11.5 Å². The Morgan fingerprint density at radius 2 is 1.46 bits per heavy atom. The Morgan fingerprint density at radius 3 is 1.92 bits per heavy atom. The van der Waals surface area contributed by atoms with Gasteiger partial charge in [0.25, 0.3) is 0 Å². The molecular formula is C10H10O2S. The maximum Gasteiger partial charge on any atom is 0.204 e. The highest BCUT2D eigenvalue weighted by Gasteiger charge is 2.71. The Morgan fingerprint density at radius 1 is 1.00 bits per heavy atom. The predicted octanol–water partition coefficient (Wildman–Crippen LogP) is 2.64. The molecule has 0 saturated carbocycles. The van der Waals surface area contributed by atoms with Crippen LogP contribution in [0.15, 0.2) is 24.3 Å². The second-order valence-electron chi connectivity index (χ2n) is 3.64. The molecule has 0 aromatic heterocycles. The molecule has 0 bridgehead atoms. The van der Waals surface area contributed by atoms with E-state index in [2.05, 4.69) is 13.8 Å². The topological polar surface area (TPSA) is 18.5 Å². The lowest BCUT2D eigenvalue weighted by atomic mass is 10.2. The van der Waals surface area contributed by atoms with Gasteiger partial charge in [-0.3, -0.25) is 0 Å². The number of hydrogen-bond donors (Lipinski definition) is 0. The van der Waals surface area contributed by atoms with Gasteiger partial charge in [0, 0.05) is 0 Å². The molecule has 0 amide bonds. The van der Waals surface area contributed by atoms with Gasteiger partial charge in [-0.1, -0.05) is 23.9 Å². The summed E-state index contributed by atoms with van der Waals surface area (Å²) in [6, 6.07) is 7.81. The molecule has 1 fully saturated rings. The van der Waals surface area contributed by atoms with Gasteiger partial charge in [0.1, 0.15) is 0 Å². The second kappa shape index (κ2) is 1.98. The molecule has 2 aliphatic rings. The molecule has 1 saturated heterocycles. The summed E-state index contributed by atoms with van der Waals surface area (Å²) in [5.74, 6) is 1.71. The fraction of sp³-hybridized carbons (Fsp3) is 0.400. The van der Waals surface area contributed by atoms with E-state index in [9.17, 15) is 0 Å². The fourth-order valence-corrected chi connectivity index (χ4v) is 2.65. The van der Waals surface area contributed by atoms with E-state index in [1.54, 1.807) is 11.8 Å². The van der Waals surface area contributed by atoms with Crippen LogP contribution >= 0.6 is 11.8 Å². The third kappa shape index (κ3) is 0.854. The molecule has 68 valence electrons. The molecule has 2 atom stereocenters. The van der Waals surface area contributed by atoms with Crippen LogP contribution in [0.3, 0.4) is 0 Å². The van der Waals surface area contributed by atoms with Crippen molar-refractivity contribution in [1.82, 2.24) is 0 Å². The molecule has 0 aliphatic carbocycles. The van der Waals surface area contributed by atoms with E-state index in [-0.39, 0.29) is 9.87 Å². The monoisotopic (exact) mass is 194 g/mol. The highest BCUT2D eigenvalue weighted by molar-refractivity contribution is 8.09. The molecule has 2 heterocycles. The van der Waals surface area contributed by atoms with Crippen molar-refractivity contribution < 1.29 is 9.47 Å². The van der Waals surface area contributed by atoms with Crippen LogP contribution in [0.2, 0.25) is 0 Å². The highest BCUT2D eigenvalue weighted by atomic mass is 32.2. The summed E-state index contributed by atoms with van der Waals surface area (Å²) in [7, 11) is 0. The van der Waals surface area contributed by atoms with Crippen molar-refractivity contribution in [2.45, 2.75) is 23.7 Å². The molecule has 1 aromatic rings. The molecule has 13 heavy (non-hydrogen) atoms. The lowest BCUT2D eigenvalue weighted by molar-refractivity contribution is 0.0430. The van der Waals surface area contributed by atoms with Crippen LogP contribution in [-0.4, -0.2) is 9.87 Å². The third-order valence-corrected chi connectivity index (χ3v) is 4.15. The molecule has 0 spiro atoms. The molecule has 2 nitrogen and oxygen atoms in total. The first kappa shape index (κ1) is 7.56. The Kier molecular flexibility index (Phi) is 1.15. The first-order valence-electron chi connectivity index (χ1n) is 4.30. The normalized spacial score (nSPS) is 39.5. The quantitative estimate of drug-likeness (QED) is 0.591. The maximum atomic E-state index is 5.83. The zero-order valence-electron chi connectivity index (χ0n) is 7.53. The van der Waals surface area contributed by atoms with E-state index in [1.165, 1.54) is 0 Å². The van der Waals surface area contributed by atoms with Gasteiger partial charge in [-0.25, -0.2) is 0 Å². The molecule has 0 radical (unpaired) electrons. The summed E-state index contributed by atoms with van der Waals surface area (Å²) in [5.41, 5.74) is 0. The maximum absolute atomic E-state index is 5.83. The smallest absolute Gasteiger partial charge is 0.204 e. The molecule has 2 aliphatic heterocycles. The predicted molar refractivity (Wildman–Crippen MR) is 52.1 cm³/mol. The fourth-order valence-electron chi connectivity index (χ4n) is 1.61. The molecule has 3 rings (SSSR count). The van der Waals surface area contributed by atoms with E-state index in [4.69, 9.17) is 9.47 Å². The van der Waals surface area contributed by atoms with E-state index in [1.807, 2.05) is 24.3 Å². The zero-order chi connectivity index (χ0) is 9.10. The van der Waals surface area contributed by atoms with E-state index in [0.29, 0.717) is 0 Å². The molecule has 0 N–H and O–H groups in total. The summed E-state index contributed by atoms with van der Waals surface area (Å²) >= 11 is 1.72. The van der Waals surface area contributed by atoms with Crippen LogP contribution < -0.4 is 9.47 Å². The number of thioether (sulfide) groups is 1. The van der Waals surface area contributed by atoms with E-state index >= 15 is 0 Å². The molecular weight excluding hydrogens is 184 g/mol. The highest BCUT2D eigenvalue weighted by Crippen LogP contribution is 2.67. The van der Waals surface area contributed by atoms with Crippen molar-refractivity contribution in [2.75, 3.05) is 0 Å². The number of hydrogen-bond acceptors (Lipinski definition) is 3. The van der Waals surface area contributed by atoms with Gasteiger partial charge in [-0.2, -0.15) is 0 Å². The summed E-state index contributed by atoms with van der Waals surface area (Å²) in [5, 5.41) is 0. The Hall–Kier alpha value is -0.830. The van der Waals surface area contributed by atoms with Gasteiger partial charge in [0.05, 0.1) is 0 Å². The first-order chi connectivity index (χ1) is 6.13. The molecule has 2 unspecified atom stereocenters. The minimum atomic E-state index is -0.179. The summed E-state index contributed by atoms with van der Waals surface area (Å²) in [4.78, 5) is -0.358. The second-order valence-corrected chi connectivity index (χ2v) is 5.41. The lowest BCUT2D eigenvalue weighted by Gasteiger charge is -2.26. The SMILES string of the molecule is CC12Oc3ccccc3OC1(C)S2. The Bertz CT molecular complexity index is 344. The van der Waals surface area contributed by atoms with Gasteiger partial charge in [0.2, 0.25) is 9.87 Å². The lowest BCUT2D eigenvalue weighted by Crippen LogP contribution is -2.34. The van der Waals surface area contributed by atoms with Crippen LogP contribution in [0.25, 0.3) is 0 Å². The summed E-state index contributed by atoms with van der Waals surface area (Å²) in [6.45, 7) is 4.13. The van der Waals surface area contributed by atoms with Crippen LogP contribution in [-0.2, 0) is 0 Å². The minimum Gasteiger partial charge on any atom is -0.468 e. The van der Waals surface area contributed by atoms with Crippen LogP contribution in [0, 0.1) is 0 Å². The number of rotatable bonds is 0. The van der Waals surface area contributed by atoms with Crippen molar-refractivity contribution >= 4 is 11.8 Å². The van der Waals surface area contributed by atoms with Crippen molar-refractivity contribution in [3.05, 3.63) is 24.3 Å². The third-order valence-electron chi connectivity index (χ3n) is 2.63. The standard InChI is InChI=1S/C10H10O2S/c1-9-10(2,13-9)12-8-6-4-3-5-7(8)11-9/h3-6H,1-2H3. The van der Waals surface area contributed by atoms with Gasteiger partial charge >= 0.3 is 0 Å². The van der Waals surface area contributed by atoms with Gasteiger partial charge < -0.3 is 9.47 Å². The average molecular weight is 194 g/mol. The Labute approximate surface area is 81.2 Å². The van der Waals surface area contributed by atoms with Gasteiger partial charge in [-0.15, -0.1) is 0 Å². The van der Waals surface area contributed by atoms with Crippen molar-refractivity contribution in [3.8, 4) is 11.5 Å². The van der Waals surface area contributed by atoms with E-state index < -0.39 is 0 Å². The number of ether oxygens (including phenoxy) is 2. The first-order valence-corrected chi connectivity index (χ1v) is 5.12. The summed E-state index contributed by atoms with van der Waals surface area (Å²) in [6.07, 6.45) is 0. The van der Waals surface area contributed by atoms with Crippen LogP contribution in [0.1, 0.15) is 13.8 Å². The number of benzene rings is 1. The summed E-state index contributed by atoms with van der Waals surface area (Å²) < 4.78 is 11.7. The Balaban J connectivity index is 2.08. The van der Waals surface area contributed by atoms with Gasteiger partial charge in [0.15, 0.2) is 11.5 Å². The van der Waals surface area contributed by atoms with Crippen molar-refractivity contribution in [3.63, 3.8) is 0 Å². The van der Waals surface area contributed by atoms with Crippen LogP contribution in [0.4, 0.5) is 0 Å². The zero-order valence-corrected chi connectivity index (χ0v) is 8.35. The molecule has 1 aromatic carbocycles. The minimum absolute atomic E-state index is 0.179. The van der Waals surface area contributed by atoms with Gasteiger partial charge in [-0.05, 0) is 26.0 Å². The van der Waals surface area contributed by atoms with Crippen molar-refractivity contribution in [2.24, 2.45) is 0 Å². The number of fused-ring (bicyclic) bond motifs is 2. The molecule has 3 heteroatoms.